The van der Waals surface area contributed by atoms with Gasteiger partial charge in [0.1, 0.15) is 11.2 Å². The third kappa shape index (κ3) is 4.31. The molecule has 0 spiro atoms. The number of hydrogen-bond acceptors (Lipinski definition) is 5. The van der Waals surface area contributed by atoms with Crippen molar-refractivity contribution >= 4 is 17.9 Å². The molecule has 3 amide bonds. The minimum Gasteiger partial charge on any atom is -0.465 e. The minimum absolute atomic E-state index is 0.0507. The van der Waals surface area contributed by atoms with Crippen LogP contribution in [-0.2, 0) is 16.0 Å². The molecule has 9 nitrogen and oxygen atoms in total. The molecule has 1 atom stereocenters. The number of rotatable bonds is 5. The van der Waals surface area contributed by atoms with E-state index in [0.29, 0.717) is 39.3 Å². The molecule has 0 radical (unpaired) electrons. The zero-order valence-corrected chi connectivity index (χ0v) is 20.5. The fraction of sp³-hybridized carbons (Fsp3) is 0.560. The van der Waals surface area contributed by atoms with E-state index in [1.54, 1.807) is 4.90 Å². The Bertz CT molecular complexity index is 981. The van der Waals surface area contributed by atoms with Gasteiger partial charge in [-0.1, -0.05) is 51.1 Å². The molecule has 2 fully saturated rings. The molecule has 34 heavy (non-hydrogen) atoms. The van der Waals surface area contributed by atoms with Crippen molar-refractivity contribution in [3.05, 3.63) is 47.8 Å². The number of carbonyl (C=O) groups excluding carboxylic acids is 2. The summed E-state index contributed by atoms with van der Waals surface area (Å²) in [5.74, 6) is -0.155. The second-order valence-electron chi connectivity index (χ2n) is 10.6. The van der Waals surface area contributed by atoms with Gasteiger partial charge in [0.2, 0.25) is 5.91 Å². The highest BCUT2D eigenvalue weighted by atomic mass is 16.4. The zero-order valence-electron chi connectivity index (χ0n) is 20.5. The van der Waals surface area contributed by atoms with Crippen LogP contribution in [0.1, 0.15) is 39.2 Å². The molecule has 4 rings (SSSR count). The van der Waals surface area contributed by atoms with Gasteiger partial charge in [0, 0.05) is 38.8 Å². The second-order valence-corrected chi connectivity index (χ2v) is 10.6. The zero-order chi connectivity index (χ0) is 24.7. The van der Waals surface area contributed by atoms with E-state index in [1.165, 1.54) is 0 Å². The summed E-state index contributed by atoms with van der Waals surface area (Å²) in [5.41, 5.74) is -0.338. The van der Waals surface area contributed by atoms with Crippen LogP contribution in [0.15, 0.2) is 42.2 Å². The molecular weight excluding hydrogens is 434 g/mol. The summed E-state index contributed by atoms with van der Waals surface area (Å²) in [4.78, 5) is 46.5. The molecule has 3 aliphatic heterocycles. The SMILES string of the molecule is CN1C=C2C(=O)N(C3CCN(C(=O)[C@](Cc4ccccc4)(NC(=O)O)C(C)(C)C)CC3)CN2C1. The second kappa shape index (κ2) is 8.85. The summed E-state index contributed by atoms with van der Waals surface area (Å²) in [6.45, 7) is 7.96. The number of benzene rings is 1. The van der Waals surface area contributed by atoms with Crippen LogP contribution in [0.5, 0.6) is 0 Å². The first-order chi connectivity index (χ1) is 16.0. The highest BCUT2D eigenvalue weighted by molar-refractivity contribution is 5.95. The van der Waals surface area contributed by atoms with Crippen LogP contribution in [0.25, 0.3) is 0 Å². The number of nitrogens with one attached hydrogen (secondary N) is 1. The van der Waals surface area contributed by atoms with Crippen LogP contribution in [0.3, 0.4) is 0 Å². The molecule has 0 bridgehead atoms. The van der Waals surface area contributed by atoms with Crippen LogP contribution < -0.4 is 5.32 Å². The van der Waals surface area contributed by atoms with Gasteiger partial charge in [0.15, 0.2) is 0 Å². The number of amides is 3. The van der Waals surface area contributed by atoms with E-state index >= 15 is 0 Å². The van der Waals surface area contributed by atoms with E-state index in [0.717, 1.165) is 11.3 Å². The molecule has 1 aromatic carbocycles. The normalized spacial score (nSPS) is 20.8. The van der Waals surface area contributed by atoms with E-state index in [-0.39, 0.29) is 24.3 Å². The van der Waals surface area contributed by atoms with Crippen molar-refractivity contribution in [1.82, 2.24) is 24.9 Å². The highest BCUT2D eigenvalue weighted by Crippen LogP contribution is 2.37. The van der Waals surface area contributed by atoms with Gasteiger partial charge in [-0.25, -0.2) is 4.79 Å². The van der Waals surface area contributed by atoms with Crippen LogP contribution in [0.4, 0.5) is 4.79 Å². The largest absolute Gasteiger partial charge is 0.465 e. The van der Waals surface area contributed by atoms with Crippen LogP contribution >= 0.6 is 0 Å². The fourth-order valence-electron chi connectivity index (χ4n) is 5.35. The van der Waals surface area contributed by atoms with E-state index in [4.69, 9.17) is 0 Å². The van der Waals surface area contributed by atoms with Crippen molar-refractivity contribution in [2.24, 2.45) is 5.41 Å². The van der Waals surface area contributed by atoms with Gasteiger partial charge < -0.3 is 30.0 Å². The lowest BCUT2D eigenvalue weighted by Crippen LogP contribution is -2.68. The standard InChI is InChI=1S/C25H35N5O4/c1-24(2,3)25(26-23(33)34,14-18-8-6-5-7-9-18)22(32)28-12-10-19(11-13-28)30-17-29-16-27(4)15-20(29)21(30)31/h5-9,15,19,26H,10-14,16-17H2,1-4H3,(H,33,34)/t25-/m0/s1. The molecule has 184 valence electrons. The monoisotopic (exact) mass is 469 g/mol. The maximum atomic E-state index is 14.0. The van der Waals surface area contributed by atoms with Crippen molar-refractivity contribution in [2.75, 3.05) is 33.5 Å². The summed E-state index contributed by atoms with van der Waals surface area (Å²) in [7, 11) is 1.95. The van der Waals surface area contributed by atoms with Crippen molar-refractivity contribution in [3.8, 4) is 0 Å². The van der Waals surface area contributed by atoms with Crippen molar-refractivity contribution in [1.29, 1.82) is 0 Å². The molecule has 2 N–H and O–H groups in total. The van der Waals surface area contributed by atoms with Gasteiger partial charge in [-0.05, 0) is 23.8 Å². The highest BCUT2D eigenvalue weighted by Gasteiger charge is 2.52. The Morgan fingerprint density at radius 2 is 1.74 bits per heavy atom. The molecule has 0 saturated carbocycles. The first-order valence-corrected chi connectivity index (χ1v) is 11.8. The van der Waals surface area contributed by atoms with E-state index in [9.17, 15) is 19.5 Å². The van der Waals surface area contributed by atoms with Crippen molar-refractivity contribution in [2.45, 2.75) is 51.6 Å². The smallest absolute Gasteiger partial charge is 0.405 e. The Morgan fingerprint density at radius 3 is 2.29 bits per heavy atom. The van der Waals surface area contributed by atoms with E-state index < -0.39 is 17.0 Å². The van der Waals surface area contributed by atoms with Crippen molar-refractivity contribution < 1.29 is 19.5 Å². The molecule has 0 aromatic heterocycles. The average molecular weight is 470 g/mol. The number of carboxylic acid groups (broad SMARTS) is 1. The summed E-state index contributed by atoms with van der Waals surface area (Å²) >= 11 is 0. The predicted molar refractivity (Wildman–Crippen MR) is 127 cm³/mol. The fourth-order valence-corrected chi connectivity index (χ4v) is 5.35. The molecule has 3 heterocycles. The third-order valence-corrected chi connectivity index (χ3v) is 7.35. The van der Waals surface area contributed by atoms with Crippen LogP contribution in [0, 0.1) is 5.41 Å². The molecule has 3 aliphatic rings. The molecule has 9 heteroatoms. The molecule has 0 unspecified atom stereocenters. The number of carbonyl (C=O) groups is 3. The Hall–Kier alpha value is -3.23. The molecule has 2 saturated heterocycles. The number of hydrogen-bond donors (Lipinski definition) is 2. The van der Waals surface area contributed by atoms with Gasteiger partial charge in [-0.2, -0.15) is 0 Å². The third-order valence-electron chi connectivity index (χ3n) is 7.35. The molecular formula is C25H35N5O4. The lowest BCUT2D eigenvalue weighted by Gasteiger charge is -2.47. The number of nitrogens with zero attached hydrogens (tertiary/aromatic N) is 4. The van der Waals surface area contributed by atoms with Gasteiger partial charge in [0.25, 0.3) is 5.91 Å². The Kier molecular flexibility index (Phi) is 6.22. The topological polar surface area (TPSA) is 96.4 Å². The Morgan fingerprint density at radius 1 is 1.09 bits per heavy atom. The summed E-state index contributed by atoms with van der Waals surface area (Å²) in [5, 5.41) is 12.3. The van der Waals surface area contributed by atoms with Crippen LogP contribution in [0.2, 0.25) is 0 Å². The number of piperidine rings is 1. The summed E-state index contributed by atoms with van der Waals surface area (Å²) in [6, 6.07) is 9.59. The average Bonchev–Trinajstić information content (AvgIpc) is 3.29. The van der Waals surface area contributed by atoms with E-state index in [2.05, 4.69) is 10.2 Å². The molecule has 1 aromatic rings. The lowest BCUT2D eigenvalue weighted by molar-refractivity contribution is -0.145. The number of likely N-dealkylation sites (tertiary alicyclic amines) is 1. The van der Waals surface area contributed by atoms with Crippen molar-refractivity contribution in [3.63, 3.8) is 0 Å². The quantitative estimate of drug-likeness (QED) is 0.686. The summed E-state index contributed by atoms with van der Waals surface area (Å²) < 4.78 is 0. The Balaban J connectivity index is 1.51. The minimum atomic E-state index is -1.31. The van der Waals surface area contributed by atoms with Gasteiger partial charge in [-0.15, -0.1) is 0 Å². The predicted octanol–water partition coefficient (Wildman–Crippen LogP) is 2.12. The first kappa shape index (κ1) is 23.9. The number of fused-ring (bicyclic) bond motifs is 1. The summed E-state index contributed by atoms with van der Waals surface area (Å²) in [6.07, 6.45) is 2.29. The molecule has 0 aliphatic carbocycles. The maximum absolute atomic E-state index is 14.0. The van der Waals surface area contributed by atoms with Crippen LogP contribution in [-0.4, -0.2) is 87.7 Å². The van der Waals surface area contributed by atoms with Gasteiger partial charge in [-0.3, -0.25) is 9.59 Å². The Labute approximate surface area is 201 Å². The van der Waals surface area contributed by atoms with Gasteiger partial charge in [0.05, 0.1) is 13.3 Å². The van der Waals surface area contributed by atoms with Gasteiger partial charge >= 0.3 is 6.09 Å². The van der Waals surface area contributed by atoms with E-state index in [1.807, 2.05) is 74.2 Å². The first-order valence-electron chi connectivity index (χ1n) is 11.8. The maximum Gasteiger partial charge on any atom is 0.405 e. The lowest BCUT2D eigenvalue weighted by atomic mass is 9.69.